The summed E-state index contributed by atoms with van der Waals surface area (Å²) in [4.78, 5) is 0. The summed E-state index contributed by atoms with van der Waals surface area (Å²) in [6.45, 7) is -0.443. The van der Waals surface area contributed by atoms with Gasteiger partial charge in [-0.2, -0.15) is 0 Å². The number of ether oxygens (including phenoxy) is 1. The minimum Gasteiger partial charge on any atom is -0.394 e. The highest BCUT2D eigenvalue weighted by molar-refractivity contribution is 6.30. The molecule has 0 spiro atoms. The third-order valence-corrected chi connectivity index (χ3v) is 2.27. The molecular weight excluding hydrogens is 197 g/mol. The van der Waals surface area contributed by atoms with Gasteiger partial charge in [0.25, 0.3) is 0 Å². The van der Waals surface area contributed by atoms with Crippen LogP contribution in [0.4, 0.5) is 4.39 Å². The molecule has 1 heterocycles. The second-order valence-electron chi connectivity index (χ2n) is 2.93. The van der Waals surface area contributed by atoms with Gasteiger partial charge in [-0.3, -0.25) is 0 Å². The first-order valence-corrected chi connectivity index (χ1v) is 4.20. The smallest absolute Gasteiger partial charge is 0.218 e. The third kappa shape index (κ3) is 1.68. The maximum Gasteiger partial charge on any atom is 0.218 e. The summed E-state index contributed by atoms with van der Waals surface area (Å²) in [5, 5.41) is 20.0. The molecule has 3 nitrogen and oxygen atoms in total. The van der Waals surface area contributed by atoms with Crippen LogP contribution in [-0.2, 0) is 4.74 Å². The Kier molecular flexibility index (Phi) is 3.20. The molecule has 1 aliphatic heterocycles. The largest absolute Gasteiger partial charge is 0.394 e. The van der Waals surface area contributed by atoms with Crippen LogP contribution in [0.15, 0.2) is 0 Å². The molecule has 0 radical (unpaired) electrons. The van der Waals surface area contributed by atoms with E-state index < -0.39 is 30.5 Å². The zero-order valence-corrected chi connectivity index (χ0v) is 7.75. The second kappa shape index (κ2) is 3.85. The van der Waals surface area contributed by atoms with Crippen molar-refractivity contribution in [3.63, 3.8) is 0 Å². The van der Waals surface area contributed by atoms with Crippen molar-refractivity contribution in [3.8, 4) is 11.3 Å². The van der Waals surface area contributed by atoms with Crippen molar-refractivity contribution in [3.05, 3.63) is 0 Å². The molecule has 0 bridgehead atoms. The van der Waals surface area contributed by atoms with E-state index in [0.29, 0.717) is 0 Å². The molecule has 1 aliphatic rings. The zero-order chi connectivity index (χ0) is 10.1. The molecular formula is C7H9BClFO3. The SMILES string of the molecule is B[C@@H]1O[C@H](CO)C(O)[C@]1(F)C#CCl. The van der Waals surface area contributed by atoms with Crippen molar-refractivity contribution < 1.29 is 19.3 Å². The van der Waals surface area contributed by atoms with Gasteiger partial charge in [-0.1, -0.05) is 0 Å². The molecule has 0 aromatic rings. The van der Waals surface area contributed by atoms with Crippen LogP contribution in [0.1, 0.15) is 0 Å². The predicted molar refractivity (Wildman–Crippen MR) is 47.8 cm³/mol. The van der Waals surface area contributed by atoms with Crippen LogP contribution in [0.25, 0.3) is 0 Å². The van der Waals surface area contributed by atoms with Gasteiger partial charge in [0.1, 0.15) is 20.1 Å². The monoisotopic (exact) mass is 206 g/mol. The molecule has 2 N–H and O–H groups in total. The first-order valence-electron chi connectivity index (χ1n) is 3.82. The normalized spacial score (nSPS) is 44.2. The van der Waals surface area contributed by atoms with Gasteiger partial charge in [0.2, 0.25) is 5.67 Å². The number of hydrogen-bond donors (Lipinski definition) is 2. The Balaban J connectivity index is 2.90. The summed E-state index contributed by atoms with van der Waals surface area (Å²) >= 11 is 5.06. The number of aliphatic hydroxyl groups is 2. The molecule has 1 rings (SSSR count). The topological polar surface area (TPSA) is 49.7 Å². The summed E-state index contributed by atoms with van der Waals surface area (Å²) in [5.41, 5.74) is -2.19. The lowest BCUT2D eigenvalue weighted by atomic mass is 9.82. The van der Waals surface area contributed by atoms with Crippen molar-refractivity contribution in [1.29, 1.82) is 0 Å². The van der Waals surface area contributed by atoms with Crippen molar-refractivity contribution in [2.45, 2.75) is 23.9 Å². The van der Waals surface area contributed by atoms with Crippen LogP contribution in [0, 0.1) is 11.3 Å². The fraction of sp³-hybridized carbons (Fsp3) is 0.714. The van der Waals surface area contributed by atoms with Crippen LogP contribution in [-0.4, -0.2) is 48.5 Å². The van der Waals surface area contributed by atoms with Crippen LogP contribution in [0.5, 0.6) is 0 Å². The number of alkyl halides is 1. The molecule has 0 aromatic carbocycles. The summed E-state index contributed by atoms with van der Waals surface area (Å²) in [6.07, 6.45) is -2.39. The van der Waals surface area contributed by atoms with Crippen molar-refractivity contribution >= 4 is 19.4 Å². The zero-order valence-electron chi connectivity index (χ0n) is 7.00. The maximum absolute atomic E-state index is 13.8. The highest BCUT2D eigenvalue weighted by Crippen LogP contribution is 2.32. The number of aliphatic hydroxyl groups excluding tert-OH is 2. The molecule has 0 saturated carbocycles. The second-order valence-corrected chi connectivity index (χ2v) is 3.12. The molecule has 1 saturated heterocycles. The molecule has 4 atom stereocenters. The van der Waals surface area contributed by atoms with E-state index in [-0.39, 0.29) is 0 Å². The highest BCUT2D eigenvalue weighted by atomic mass is 35.5. The van der Waals surface area contributed by atoms with E-state index in [1.54, 1.807) is 0 Å². The molecule has 13 heavy (non-hydrogen) atoms. The summed E-state index contributed by atoms with van der Waals surface area (Å²) in [6, 6.07) is -0.897. The van der Waals surface area contributed by atoms with Gasteiger partial charge in [0, 0.05) is 5.38 Å². The molecule has 0 amide bonds. The number of hydrogen-bond acceptors (Lipinski definition) is 3. The molecule has 1 fully saturated rings. The maximum atomic E-state index is 13.8. The average Bonchev–Trinajstić information content (AvgIpc) is 2.31. The van der Waals surface area contributed by atoms with E-state index in [1.165, 1.54) is 7.85 Å². The summed E-state index contributed by atoms with van der Waals surface area (Å²) in [5.74, 6) is 2.05. The first-order chi connectivity index (χ1) is 6.06. The number of rotatable bonds is 1. The van der Waals surface area contributed by atoms with E-state index >= 15 is 0 Å². The van der Waals surface area contributed by atoms with E-state index in [1.807, 2.05) is 11.3 Å². The lowest BCUT2D eigenvalue weighted by molar-refractivity contribution is -0.00798. The standard InChI is InChI=1S/C7H9BClFO3/c8-6-7(10,1-2-9)5(12)4(3-11)13-6/h4-6,11-12H,3,8H2/t4-,5?,6-,7-/m1/s1. The van der Waals surface area contributed by atoms with Gasteiger partial charge in [0.05, 0.1) is 12.6 Å². The van der Waals surface area contributed by atoms with Gasteiger partial charge in [-0.05, 0) is 17.5 Å². The highest BCUT2D eigenvalue weighted by Gasteiger charge is 2.53. The molecule has 0 aromatic heterocycles. The van der Waals surface area contributed by atoms with Crippen molar-refractivity contribution in [2.24, 2.45) is 0 Å². The van der Waals surface area contributed by atoms with Crippen LogP contribution >= 0.6 is 11.6 Å². The van der Waals surface area contributed by atoms with Crippen molar-refractivity contribution in [2.75, 3.05) is 6.61 Å². The average molecular weight is 206 g/mol. The Bertz CT molecular complexity index is 254. The minimum absolute atomic E-state index is 0.443. The predicted octanol–water partition coefficient (Wildman–Crippen LogP) is -1.39. The van der Waals surface area contributed by atoms with Gasteiger partial charge in [0.15, 0.2) is 0 Å². The Labute approximate surface area is 81.2 Å². The molecule has 72 valence electrons. The van der Waals surface area contributed by atoms with Gasteiger partial charge < -0.3 is 14.9 Å². The Morgan fingerprint density at radius 1 is 1.69 bits per heavy atom. The van der Waals surface area contributed by atoms with Crippen LogP contribution in [0.3, 0.4) is 0 Å². The lowest BCUT2D eigenvalue weighted by Crippen LogP contribution is -2.43. The quantitative estimate of drug-likeness (QED) is 0.410. The van der Waals surface area contributed by atoms with Gasteiger partial charge in [-0.15, -0.1) is 0 Å². The van der Waals surface area contributed by atoms with Gasteiger partial charge in [-0.25, -0.2) is 4.39 Å². The lowest BCUT2D eigenvalue weighted by Gasteiger charge is -2.19. The Hall–Kier alpha value is -0.275. The first kappa shape index (κ1) is 10.8. The fourth-order valence-electron chi connectivity index (χ4n) is 1.34. The van der Waals surface area contributed by atoms with Crippen molar-refractivity contribution in [1.82, 2.24) is 0 Å². The van der Waals surface area contributed by atoms with E-state index in [2.05, 4.69) is 0 Å². The van der Waals surface area contributed by atoms with Crippen LogP contribution < -0.4 is 0 Å². The van der Waals surface area contributed by atoms with E-state index in [0.717, 1.165) is 0 Å². The van der Waals surface area contributed by atoms with Gasteiger partial charge >= 0.3 is 0 Å². The Morgan fingerprint density at radius 3 is 2.69 bits per heavy atom. The molecule has 0 aliphatic carbocycles. The molecule has 6 heteroatoms. The fourth-order valence-corrected chi connectivity index (χ4v) is 1.48. The minimum atomic E-state index is -2.19. The summed E-state index contributed by atoms with van der Waals surface area (Å²) < 4.78 is 18.7. The molecule has 1 unspecified atom stereocenters. The van der Waals surface area contributed by atoms with E-state index in [9.17, 15) is 9.50 Å². The van der Waals surface area contributed by atoms with E-state index in [4.69, 9.17) is 21.4 Å². The third-order valence-electron chi connectivity index (χ3n) is 2.17. The van der Waals surface area contributed by atoms with Crippen LogP contribution in [0.2, 0.25) is 0 Å². The Morgan fingerprint density at radius 2 is 2.31 bits per heavy atom. The number of halogens is 2. The summed E-state index contributed by atoms with van der Waals surface area (Å²) in [7, 11) is 1.43.